The molecule has 3 aromatic rings. The van der Waals surface area contributed by atoms with Crippen LogP contribution in [-0.4, -0.2) is 32.3 Å². The molecular formula is C29H35NO2Si. The topological polar surface area (TPSA) is 29.5 Å². The van der Waals surface area contributed by atoms with Crippen molar-refractivity contribution >= 4 is 24.6 Å². The molecule has 4 rings (SSSR count). The van der Waals surface area contributed by atoms with E-state index in [4.69, 9.17) is 4.43 Å². The number of hydrogen-bond donors (Lipinski definition) is 0. The second-order valence-electron chi connectivity index (χ2n) is 9.95. The second-order valence-corrected chi connectivity index (χ2v) is 14.3. The van der Waals surface area contributed by atoms with Crippen LogP contribution in [0, 0.1) is 0 Å². The van der Waals surface area contributed by atoms with Gasteiger partial charge in [0, 0.05) is 26.1 Å². The fourth-order valence-corrected chi connectivity index (χ4v) is 9.68. The standard InChI is InChI=1S/C29H35NO2Si/c1-29(2,3)33(26-15-6-4-7-16-26,27-17-8-5-9-18-27)32-22-12-19-28(31)30-21-20-24-13-10-11-14-25(24)23-30/h4-11,13-18H,12,19-23H2,1-3H3. The van der Waals surface area contributed by atoms with E-state index in [1.807, 2.05) is 4.90 Å². The van der Waals surface area contributed by atoms with E-state index in [-0.39, 0.29) is 10.9 Å². The highest BCUT2D eigenvalue weighted by Gasteiger charge is 2.49. The van der Waals surface area contributed by atoms with Crippen molar-refractivity contribution < 1.29 is 9.22 Å². The van der Waals surface area contributed by atoms with Gasteiger partial charge in [-0.3, -0.25) is 4.79 Å². The van der Waals surface area contributed by atoms with E-state index in [1.165, 1.54) is 21.5 Å². The highest BCUT2D eigenvalue weighted by molar-refractivity contribution is 6.99. The minimum atomic E-state index is -2.53. The summed E-state index contributed by atoms with van der Waals surface area (Å²) >= 11 is 0. The fraction of sp³-hybridized carbons (Fsp3) is 0.345. The number of hydrogen-bond acceptors (Lipinski definition) is 2. The number of carbonyl (C=O) groups is 1. The van der Waals surface area contributed by atoms with Gasteiger partial charge >= 0.3 is 0 Å². The van der Waals surface area contributed by atoms with Gasteiger partial charge in [-0.15, -0.1) is 0 Å². The third-order valence-corrected chi connectivity index (χ3v) is 11.8. The summed E-state index contributed by atoms with van der Waals surface area (Å²) in [7, 11) is -2.53. The maximum Gasteiger partial charge on any atom is 0.261 e. The van der Waals surface area contributed by atoms with Crippen molar-refractivity contribution in [3.8, 4) is 0 Å². The van der Waals surface area contributed by atoms with Gasteiger partial charge in [-0.25, -0.2) is 0 Å². The molecule has 3 aromatic carbocycles. The monoisotopic (exact) mass is 457 g/mol. The Morgan fingerprint density at radius 1 is 0.848 bits per heavy atom. The van der Waals surface area contributed by atoms with Crippen molar-refractivity contribution in [1.29, 1.82) is 0 Å². The van der Waals surface area contributed by atoms with Crippen LogP contribution in [0.25, 0.3) is 0 Å². The predicted octanol–water partition coefficient (Wildman–Crippen LogP) is 4.93. The Kier molecular flexibility index (Phi) is 7.16. The van der Waals surface area contributed by atoms with Gasteiger partial charge in [-0.2, -0.15) is 0 Å². The molecule has 172 valence electrons. The minimum absolute atomic E-state index is 0.0453. The zero-order valence-corrected chi connectivity index (χ0v) is 21.1. The lowest BCUT2D eigenvalue weighted by Crippen LogP contribution is -2.66. The number of fused-ring (bicyclic) bond motifs is 1. The summed E-state index contributed by atoms with van der Waals surface area (Å²) in [6.07, 6.45) is 2.21. The largest absolute Gasteiger partial charge is 0.407 e. The molecule has 3 nitrogen and oxygen atoms in total. The van der Waals surface area contributed by atoms with Crippen LogP contribution in [0.15, 0.2) is 84.9 Å². The molecule has 0 bridgehead atoms. The highest BCUT2D eigenvalue weighted by Crippen LogP contribution is 2.36. The Balaban J connectivity index is 1.46. The first-order valence-electron chi connectivity index (χ1n) is 12.0. The van der Waals surface area contributed by atoms with Crippen molar-refractivity contribution in [2.45, 2.75) is 51.6 Å². The van der Waals surface area contributed by atoms with Gasteiger partial charge in [-0.05, 0) is 39.4 Å². The molecule has 0 fully saturated rings. The zero-order valence-electron chi connectivity index (χ0n) is 20.1. The van der Waals surface area contributed by atoms with Crippen LogP contribution < -0.4 is 10.4 Å². The smallest absolute Gasteiger partial charge is 0.261 e. The average Bonchev–Trinajstić information content (AvgIpc) is 2.84. The Bertz CT molecular complexity index is 1020. The van der Waals surface area contributed by atoms with Crippen molar-refractivity contribution in [1.82, 2.24) is 4.90 Å². The fourth-order valence-electron chi connectivity index (χ4n) is 5.08. The molecular weight excluding hydrogens is 422 g/mol. The summed E-state index contributed by atoms with van der Waals surface area (Å²) < 4.78 is 6.93. The molecule has 0 saturated carbocycles. The molecule has 4 heteroatoms. The molecule has 0 aliphatic carbocycles. The highest BCUT2D eigenvalue weighted by atomic mass is 28.4. The van der Waals surface area contributed by atoms with Crippen molar-refractivity contribution in [3.05, 3.63) is 96.1 Å². The summed E-state index contributed by atoms with van der Waals surface area (Å²) in [6.45, 7) is 8.99. The molecule has 1 heterocycles. The predicted molar refractivity (Wildman–Crippen MR) is 138 cm³/mol. The van der Waals surface area contributed by atoms with Crippen LogP contribution in [-0.2, 0) is 22.2 Å². The van der Waals surface area contributed by atoms with Crippen molar-refractivity contribution in [2.24, 2.45) is 0 Å². The Hall–Kier alpha value is -2.69. The number of amides is 1. The van der Waals surface area contributed by atoms with Crippen LogP contribution in [0.4, 0.5) is 0 Å². The molecule has 0 unspecified atom stereocenters. The van der Waals surface area contributed by atoms with Crippen LogP contribution in [0.2, 0.25) is 5.04 Å². The summed E-state index contributed by atoms with van der Waals surface area (Å²) in [4.78, 5) is 15.0. The molecule has 1 aliphatic heterocycles. The van der Waals surface area contributed by atoms with Crippen LogP contribution >= 0.6 is 0 Å². The molecule has 33 heavy (non-hydrogen) atoms. The maximum absolute atomic E-state index is 13.0. The lowest BCUT2D eigenvalue weighted by molar-refractivity contribution is -0.132. The summed E-state index contributed by atoms with van der Waals surface area (Å²) in [5.41, 5.74) is 2.65. The van der Waals surface area contributed by atoms with Gasteiger partial charge in [0.15, 0.2) is 0 Å². The quantitative estimate of drug-likeness (QED) is 0.372. The molecule has 0 atom stereocenters. The van der Waals surface area contributed by atoms with E-state index >= 15 is 0 Å². The Labute approximate surface area is 199 Å². The first-order chi connectivity index (χ1) is 15.9. The van der Waals surface area contributed by atoms with Gasteiger partial charge in [0.1, 0.15) is 0 Å². The van der Waals surface area contributed by atoms with Gasteiger partial charge in [0.25, 0.3) is 8.32 Å². The van der Waals surface area contributed by atoms with E-state index in [2.05, 4.69) is 106 Å². The third kappa shape index (κ3) is 4.97. The summed E-state index contributed by atoms with van der Waals surface area (Å²) in [6, 6.07) is 29.8. The lowest BCUT2D eigenvalue weighted by atomic mass is 10.00. The molecule has 0 radical (unpaired) electrons. The van der Waals surface area contributed by atoms with Crippen molar-refractivity contribution in [3.63, 3.8) is 0 Å². The molecule has 0 saturated heterocycles. The number of benzene rings is 3. The summed E-state index contributed by atoms with van der Waals surface area (Å²) in [5, 5.41) is 2.52. The van der Waals surface area contributed by atoms with E-state index < -0.39 is 8.32 Å². The Morgan fingerprint density at radius 3 is 1.97 bits per heavy atom. The lowest BCUT2D eigenvalue weighted by Gasteiger charge is -2.43. The second kappa shape index (κ2) is 10.1. The first-order valence-corrected chi connectivity index (χ1v) is 13.9. The minimum Gasteiger partial charge on any atom is -0.407 e. The SMILES string of the molecule is CC(C)(C)[Si](OCCCC(=O)N1CCc2ccccc2C1)(c1ccccc1)c1ccccc1. The van der Waals surface area contributed by atoms with Crippen LogP contribution in [0.3, 0.4) is 0 Å². The molecule has 0 aromatic heterocycles. The number of carbonyl (C=O) groups excluding carboxylic acids is 1. The van der Waals surface area contributed by atoms with E-state index in [0.717, 1.165) is 25.9 Å². The first kappa shape index (κ1) is 23.5. The van der Waals surface area contributed by atoms with Gasteiger partial charge in [0.2, 0.25) is 5.91 Å². The van der Waals surface area contributed by atoms with Crippen LogP contribution in [0.5, 0.6) is 0 Å². The van der Waals surface area contributed by atoms with Crippen molar-refractivity contribution in [2.75, 3.05) is 13.2 Å². The zero-order chi connectivity index (χ0) is 23.3. The van der Waals surface area contributed by atoms with Gasteiger partial charge in [-0.1, -0.05) is 106 Å². The molecule has 0 spiro atoms. The Morgan fingerprint density at radius 2 is 1.39 bits per heavy atom. The molecule has 1 aliphatic rings. The normalized spacial score (nSPS) is 14.1. The van der Waals surface area contributed by atoms with E-state index in [9.17, 15) is 4.79 Å². The molecule has 1 amide bonds. The molecule has 0 N–H and O–H groups in total. The maximum atomic E-state index is 13.0. The number of rotatable bonds is 7. The average molecular weight is 458 g/mol. The van der Waals surface area contributed by atoms with Gasteiger partial charge < -0.3 is 9.33 Å². The van der Waals surface area contributed by atoms with Gasteiger partial charge in [0.05, 0.1) is 0 Å². The summed E-state index contributed by atoms with van der Waals surface area (Å²) in [5.74, 6) is 0.232. The number of nitrogens with zero attached hydrogens (tertiary/aromatic N) is 1. The van der Waals surface area contributed by atoms with E-state index in [0.29, 0.717) is 13.0 Å². The van der Waals surface area contributed by atoms with Crippen LogP contribution in [0.1, 0.15) is 44.7 Å². The van der Waals surface area contributed by atoms with E-state index in [1.54, 1.807) is 0 Å². The third-order valence-electron chi connectivity index (χ3n) is 6.75.